The molecule has 1 aromatic carbocycles. The summed E-state index contributed by atoms with van der Waals surface area (Å²) >= 11 is 6.39. The molecule has 1 aromatic heterocycles. The number of hydrogen-bond acceptors (Lipinski definition) is 2. The van der Waals surface area contributed by atoms with Crippen LogP contribution in [0.3, 0.4) is 0 Å². The highest BCUT2D eigenvalue weighted by atomic mass is 35.5. The Bertz CT molecular complexity index is 666. The van der Waals surface area contributed by atoms with E-state index in [1.54, 1.807) is 11.1 Å². The molecular weight excluding hydrogens is 270 g/mol. The minimum atomic E-state index is 0.457. The van der Waals surface area contributed by atoms with Gasteiger partial charge in [-0.2, -0.15) is 5.10 Å². The van der Waals surface area contributed by atoms with Crippen molar-refractivity contribution in [3.8, 4) is 0 Å². The van der Waals surface area contributed by atoms with E-state index in [0.29, 0.717) is 10.9 Å². The second-order valence-electron chi connectivity index (χ2n) is 5.34. The molecule has 1 N–H and O–H groups in total. The zero-order valence-corrected chi connectivity index (χ0v) is 13.1. The molecule has 106 valence electrons. The van der Waals surface area contributed by atoms with E-state index in [0.717, 1.165) is 22.2 Å². The van der Waals surface area contributed by atoms with Gasteiger partial charge in [-0.3, -0.25) is 0 Å². The Hall–Kier alpha value is -1.74. The zero-order chi connectivity index (χ0) is 14.9. The molecule has 0 radical (unpaired) electrons. The number of halogens is 1. The lowest BCUT2D eigenvalue weighted by molar-refractivity contribution is 0.438. The molecule has 0 fully saturated rings. The third-order valence-corrected chi connectivity index (χ3v) is 3.44. The van der Waals surface area contributed by atoms with Crippen LogP contribution < -0.4 is 0 Å². The van der Waals surface area contributed by atoms with Gasteiger partial charge in [-0.15, -0.1) is 0 Å². The van der Waals surface area contributed by atoms with Gasteiger partial charge in [0.15, 0.2) is 0 Å². The van der Waals surface area contributed by atoms with E-state index in [9.17, 15) is 0 Å². The molecule has 0 amide bonds. The average molecular weight is 290 g/mol. The Morgan fingerprint density at radius 3 is 2.60 bits per heavy atom. The summed E-state index contributed by atoms with van der Waals surface area (Å²) in [5.74, 6) is 0.457. The molecule has 20 heavy (non-hydrogen) atoms. The van der Waals surface area contributed by atoms with E-state index in [1.165, 1.54) is 5.69 Å². The first-order valence-corrected chi connectivity index (χ1v) is 7.01. The number of H-pyrrole nitrogens is 1. The van der Waals surface area contributed by atoms with Crippen molar-refractivity contribution in [2.75, 3.05) is 14.1 Å². The van der Waals surface area contributed by atoms with Crippen molar-refractivity contribution >= 4 is 28.2 Å². The molecule has 0 bridgehead atoms. The molecule has 0 aliphatic carbocycles. The first-order chi connectivity index (χ1) is 9.42. The Morgan fingerprint density at radius 1 is 1.35 bits per heavy atom. The normalized spacial score (nSPS) is 12.2. The number of aromatic nitrogens is 1. The van der Waals surface area contributed by atoms with E-state index in [2.05, 4.69) is 36.6 Å². The zero-order valence-electron chi connectivity index (χ0n) is 12.4. The van der Waals surface area contributed by atoms with Gasteiger partial charge < -0.3 is 9.99 Å². The lowest BCUT2D eigenvalue weighted by Gasteiger charge is -2.09. The predicted molar refractivity (Wildman–Crippen MR) is 87.8 cm³/mol. The van der Waals surface area contributed by atoms with Crippen molar-refractivity contribution in [3.63, 3.8) is 0 Å². The van der Waals surface area contributed by atoms with E-state index in [-0.39, 0.29) is 0 Å². The SMILES string of the molecule is C=C/C(=N\N(C)C)c1cc2[nH]c(C(C)C)cc2cc1Cl. The van der Waals surface area contributed by atoms with Crippen LogP contribution in [0, 0.1) is 0 Å². The number of hydrazone groups is 1. The molecule has 0 unspecified atom stereocenters. The first-order valence-electron chi connectivity index (χ1n) is 6.63. The third kappa shape index (κ3) is 2.88. The summed E-state index contributed by atoms with van der Waals surface area (Å²) < 4.78 is 0. The van der Waals surface area contributed by atoms with Crippen molar-refractivity contribution in [2.45, 2.75) is 19.8 Å². The van der Waals surface area contributed by atoms with Crippen LogP contribution in [-0.4, -0.2) is 29.8 Å². The lowest BCUT2D eigenvalue weighted by atomic mass is 10.1. The summed E-state index contributed by atoms with van der Waals surface area (Å²) in [4.78, 5) is 3.43. The fraction of sp³-hybridized carbons (Fsp3) is 0.312. The van der Waals surface area contributed by atoms with Gasteiger partial charge >= 0.3 is 0 Å². The van der Waals surface area contributed by atoms with E-state index >= 15 is 0 Å². The van der Waals surface area contributed by atoms with E-state index < -0.39 is 0 Å². The maximum atomic E-state index is 6.39. The predicted octanol–water partition coefficient (Wildman–Crippen LogP) is 4.40. The summed E-state index contributed by atoms with van der Waals surface area (Å²) in [6.45, 7) is 8.14. The number of aromatic amines is 1. The average Bonchev–Trinajstić information content (AvgIpc) is 2.77. The number of nitrogens with zero attached hydrogens (tertiary/aromatic N) is 2. The van der Waals surface area contributed by atoms with Gasteiger partial charge in [-0.25, -0.2) is 0 Å². The first kappa shape index (κ1) is 14.7. The standard InChI is InChI=1S/C16H20ClN3/c1-6-14(19-20(4)5)12-9-16-11(7-13(12)17)8-15(18-16)10(2)3/h6-10,18H,1H2,2-5H3/b19-14+. The Balaban J connectivity index is 2.59. The Kier molecular flexibility index (Phi) is 4.19. The van der Waals surface area contributed by atoms with Crippen molar-refractivity contribution in [1.29, 1.82) is 0 Å². The van der Waals surface area contributed by atoms with Crippen LogP contribution in [0.4, 0.5) is 0 Å². The topological polar surface area (TPSA) is 31.4 Å². The molecule has 1 heterocycles. The molecule has 4 heteroatoms. The van der Waals surface area contributed by atoms with Crippen LogP contribution in [0.5, 0.6) is 0 Å². The summed E-state index contributed by atoms with van der Waals surface area (Å²) in [6.07, 6.45) is 1.72. The molecule has 0 aliphatic rings. The number of fused-ring (bicyclic) bond motifs is 1. The van der Waals surface area contributed by atoms with Crippen molar-refractivity contribution < 1.29 is 0 Å². The largest absolute Gasteiger partial charge is 0.358 e. The molecule has 0 atom stereocenters. The van der Waals surface area contributed by atoms with Gasteiger partial charge in [0, 0.05) is 36.3 Å². The highest BCUT2D eigenvalue weighted by Crippen LogP contribution is 2.27. The second kappa shape index (κ2) is 5.71. The van der Waals surface area contributed by atoms with Crippen LogP contribution in [0.2, 0.25) is 5.02 Å². The van der Waals surface area contributed by atoms with Gasteiger partial charge in [-0.1, -0.05) is 32.0 Å². The monoisotopic (exact) mass is 289 g/mol. The van der Waals surface area contributed by atoms with E-state index in [1.807, 2.05) is 26.2 Å². The van der Waals surface area contributed by atoms with Gasteiger partial charge in [-0.05, 0) is 30.2 Å². The number of benzene rings is 1. The molecule has 3 nitrogen and oxygen atoms in total. The molecular formula is C16H20ClN3. The van der Waals surface area contributed by atoms with Gasteiger partial charge in [0.1, 0.15) is 0 Å². The van der Waals surface area contributed by atoms with Crippen LogP contribution in [-0.2, 0) is 0 Å². The summed E-state index contributed by atoms with van der Waals surface area (Å²) in [5.41, 5.74) is 3.93. The molecule has 0 saturated heterocycles. The minimum absolute atomic E-state index is 0.457. The highest BCUT2D eigenvalue weighted by Gasteiger charge is 2.11. The smallest absolute Gasteiger partial charge is 0.0913 e. The molecule has 2 rings (SSSR count). The summed E-state index contributed by atoms with van der Waals surface area (Å²) in [5, 5.41) is 7.96. The number of allylic oxidation sites excluding steroid dienone is 1. The van der Waals surface area contributed by atoms with Crippen LogP contribution >= 0.6 is 11.6 Å². The van der Waals surface area contributed by atoms with Crippen molar-refractivity contribution in [2.24, 2.45) is 5.10 Å². The Labute approximate surface area is 124 Å². The van der Waals surface area contributed by atoms with Crippen molar-refractivity contribution in [3.05, 3.63) is 47.1 Å². The van der Waals surface area contributed by atoms with Gasteiger partial charge in [0.25, 0.3) is 0 Å². The molecule has 2 aromatic rings. The minimum Gasteiger partial charge on any atom is -0.358 e. The number of rotatable bonds is 4. The van der Waals surface area contributed by atoms with Crippen molar-refractivity contribution in [1.82, 2.24) is 9.99 Å². The van der Waals surface area contributed by atoms with E-state index in [4.69, 9.17) is 11.6 Å². The summed E-state index contributed by atoms with van der Waals surface area (Å²) in [7, 11) is 3.75. The Morgan fingerprint density at radius 2 is 2.05 bits per heavy atom. The van der Waals surface area contributed by atoms with Gasteiger partial charge in [0.2, 0.25) is 0 Å². The highest BCUT2D eigenvalue weighted by molar-refractivity contribution is 6.35. The fourth-order valence-corrected chi connectivity index (χ4v) is 2.37. The third-order valence-electron chi connectivity index (χ3n) is 3.13. The quantitative estimate of drug-likeness (QED) is 0.656. The summed E-state index contributed by atoms with van der Waals surface area (Å²) in [6, 6.07) is 6.16. The van der Waals surface area contributed by atoms with Gasteiger partial charge in [0.05, 0.1) is 10.7 Å². The van der Waals surface area contributed by atoms with Crippen LogP contribution in [0.15, 0.2) is 36.0 Å². The maximum Gasteiger partial charge on any atom is 0.0913 e. The van der Waals surface area contributed by atoms with Crippen LogP contribution in [0.1, 0.15) is 31.0 Å². The molecule has 0 saturated carbocycles. The molecule has 0 spiro atoms. The number of hydrogen-bond donors (Lipinski definition) is 1. The number of nitrogens with one attached hydrogen (secondary N) is 1. The molecule has 0 aliphatic heterocycles. The second-order valence-corrected chi connectivity index (χ2v) is 5.74. The lowest BCUT2D eigenvalue weighted by Crippen LogP contribution is -2.08. The fourth-order valence-electron chi connectivity index (χ4n) is 2.10. The maximum absolute atomic E-state index is 6.39. The van der Waals surface area contributed by atoms with Crippen LogP contribution in [0.25, 0.3) is 10.9 Å².